The highest BCUT2D eigenvalue weighted by atomic mass is 16.3. The van der Waals surface area contributed by atoms with Gasteiger partial charge in [0.05, 0.1) is 17.6 Å². The number of allylic oxidation sites excluding steroid dienone is 1. The number of aromatic hydroxyl groups is 1. The summed E-state index contributed by atoms with van der Waals surface area (Å²) < 4.78 is -0.394. The van der Waals surface area contributed by atoms with Gasteiger partial charge in [0.25, 0.3) is 11.7 Å². The largest absolute Gasteiger partial charge is 0.506 e. The average Bonchev–Trinajstić information content (AvgIpc) is 2.76. The number of carbonyl (C=O) groups excluding carboxylic acids is 2. The Morgan fingerprint density at radius 2 is 1.88 bits per heavy atom. The van der Waals surface area contributed by atoms with Gasteiger partial charge in [-0.05, 0) is 25.1 Å². The standard InChI is InChI=1S/C17H16N4O3/c1-11-15(16(18)23)17(24)21(2,14-9-8-13(22)10-19-14)20(11)12-6-4-3-5-7-12/h3-10H,1-2H3,(H2-,18,22,23)/p+1. The summed E-state index contributed by atoms with van der Waals surface area (Å²) >= 11 is 0. The molecule has 2 aromatic rings. The molecule has 0 fully saturated rings. The smallest absolute Gasteiger partial charge is 0.384 e. The molecule has 1 unspecified atom stereocenters. The van der Waals surface area contributed by atoms with Crippen LogP contribution in [0.2, 0.25) is 0 Å². The third kappa shape index (κ3) is 2.14. The van der Waals surface area contributed by atoms with Crippen molar-refractivity contribution in [1.29, 1.82) is 0 Å². The Kier molecular flexibility index (Phi) is 3.57. The number of rotatable bonds is 3. The summed E-state index contributed by atoms with van der Waals surface area (Å²) in [6.45, 7) is 1.68. The Hall–Kier alpha value is -3.19. The van der Waals surface area contributed by atoms with Crippen LogP contribution in [0.3, 0.4) is 0 Å². The van der Waals surface area contributed by atoms with Crippen LogP contribution in [-0.2, 0) is 9.59 Å². The highest BCUT2D eigenvalue weighted by Gasteiger charge is 2.54. The van der Waals surface area contributed by atoms with E-state index in [4.69, 9.17) is 5.73 Å². The Morgan fingerprint density at radius 1 is 1.21 bits per heavy atom. The maximum atomic E-state index is 13.0. The lowest BCUT2D eigenvalue weighted by molar-refractivity contribution is -0.127. The van der Waals surface area contributed by atoms with E-state index in [0.29, 0.717) is 11.5 Å². The number of primary amides is 1. The van der Waals surface area contributed by atoms with E-state index in [1.54, 1.807) is 25.0 Å². The minimum Gasteiger partial charge on any atom is -0.506 e. The third-order valence-corrected chi connectivity index (χ3v) is 4.11. The van der Waals surface area contributed by atoms with Gasteiger partial charge in [-0.25, -0.2) is 4.79 Å². The van der Waals surface area contributed by atoms with E-state index in [9.17, 15) is 14.7 Å². The molecule has 2 amide bonds. The van der Waals surface area contributed by atoms with Gasteiger partial charge in [-0.2, -0.15) is 9.99 Å². The number of anilines is 1. The predicted molar refractivity (Wildman–Crippen MR) is 89.4 cm³/mol. The fourth-order valence-electron chi connectivity index (χ4n) is 2.99. The average molecular weight is 325 g/mol. The number of pyridine rings is 1. The minimum absolute atomic E-state index is 0.0111. The third-order valence-electron chi connectivity index (χ3n) is 4.11. The van der Waals surface area contributed by atoms with Gasteiger partial charge in [-0.1, -0.05) is 18.2 Å². The van der Waals surface area contributed by atoms with Crippen molar-refractivity contribution in [2.45, 2.75) is 6.92 Å². The second-order valence-electron chi connectivity index (χ2n) is 5.61. The number of aromatic nitrogens is 1. The van der Waals surface area contributed by atoms with Crippen LogP contribution in [0.4, 0.5) is 11.5 Å². The molecule has 0 saturated heterocycles. The van der Waals surface area contributed by atoms with Crippen molar-refractivity contribution in [2.24, 2.45) is 5.73 Å². The molecule has 0 radical (unpaired) electrons. The molecule has 24 heavy (non-hydrogen) atoms. The quantitative estimate of drug-likeness (QED) is 0.657. The predicted octanol–water partition coefficient (Wildman–Crippen LogP) is 1.45. The number of quaternary nitrogens is 1. The van der Waals surface area contributed by atoms with Gasteiger partial charge in [-0.15, -0.1) is 4.59 Å². The number of nitrogens with two attached hydrogens (primary N) is 1. The number of amides is 2. The molecule has 0 aliphatic carbocycles. The van der Waals surface area contributed by atoms with Gasteiger partial charge in [-0.3, -0.25) is 4.79 Å². The van der Waals surface area contributed by atoms with Crippen LogP contribution in [0.1, 0.15) is 6.92 Å². The molecule has 1 aliphatic rings. The van der Waals surface area contributed by atoms with E-state index in [1.165, 1.54) is 12.3 Å². The molecule has 1 aliphatic heterocycles. The summed E-state index contributed by atoms with van der Waals surface area (Å²) in [6, 6.07) is 12.2. The lowest BCUT2D eigenvalue weighted by Crippen LogP contribution is -2.59. The molecule has 1 atom stereocenters. The Labute approximate surface area is 138 Å². The van der Waals surface area contributed by atoms with Gasteiger partial charge in [0.15, 0.2) is 5.57 Å². The van der Waals surface area contributed by atoms with Crippen molar-refractivity contribution >= 4 is 23.3 Å². The van der Waals surface area contributed by atoms with Crippen molar-refractivity contribution in [3.63, 3.8) is 0 Å². The number of carbonyl (C=O) groups is 2. The normalized spacial score (nSPS) is 20.6. The molecule has 2 heterocycles. The van der Waals surface area contributed by atoms with Crippen molar-refractivity contribution in [1.82, 2.24) is 9.58 Å². The first kappa shape index (κ1) is 15.7. The summed E-state index contributed by atoms with van der Waals surface area (Å²) in [7, 11) is 1.63. The van der Waals surface area contributed by atoms with E-state index in [1.807, 2.05) is 30.3 Å². The summed E-state index contributed by atoms with van der Waals surface area (Å²) in [5.74, 6) is -0.901. The number of hydrogen-bond donors (Lipinski definition) is 2. The van der Waals surface area contributed by atoms with E-state index in [-0.39, 0.29) is 11.3 Å². The van der Waals surface area contributed by atoms with E-state index >= 15 is 0 Å². The van der Waals surface area contributed by atoms with Crippen LogP contribution >= 0.6 is 0 Å². The van der Waals surface area contributed by atoms with E-state index in [0.717, 1.165) is 5.69 Å². The van der Waals surface area contributed by atoms with Crippen LogP contribution in [0.25, 0.3) is 0 Å². The van der Waals surface area contributed by atoms with Gasteiger partial charge in [0.2, 0.25) is 0 Å². The fraction of sp³-hybridized carbons (Fsp3) is 0.118. The molecule has 3 N–H and O–H groups in total. The molecule has 0 bridgehead atoms. The number of benzene rings is 1. The summed E-state index contributed by atoms with van der Waals surface area (Å²) in [4.78, 5) is 29.0. The molecular formula is C17H17N4O3+. The molecule has 1 aromatic heterocycles. The lowest BCUT2D eigenvalue weighted by atomic mass is 10.2. The maximum absolute atomic E-state index is 13.0. The molecule has 7 heteroatoms. The second kappa shape index (κ2) is 5.47. The molecule has 0 spiro atoms. The zero-order valence-corrected chi connectivity index (χ0v) is 13.3. The van der Waals surface area contributed by atoms with Crippen molar-refractivity contribution in [3.05, 3.63) is 59.9 Å². The first-order valence-electron chi connectivity index (χ1n) is 7.30. The topological polar surface area (TPSA) is 96.5 Å². The van der Waals surface area contributed by atoms with Gasteiger partial charge >= 0.3 is 5.91 Å². The molecule has 122 valence electrons. The second-order valence-corrected chi connectivity index (χ2v) is 5.61. The number of para-hydroxylation sites is 1. The Morgan fingerprint density at radius 3 is 2.42 bits per heavy atom. The zero-order valence-electron chi connectivity index (χ0n) is 13.3. The summed E-state index contributed by atoms with van der Waals surface area (Å²) in [5, 5.41) is 11.2. The van der Waals surface area contributed by atoms with Crippen molar-refractivity contribution in [3.8, 4) is 5.75 Å². The van der Waals surface area contributed by atoms with E-state index in [2.05, 4.69) is 4.98 Å². The van der Waals surface area contributed by atoms with Gasteiger partial charge < -0.3 is 10.8 Å². The number of nitrogens with zero attached hydrogens (tertiary/aromatic N) is 3. The Bertz CT molecular complexity index is 846. The fourth-order valence-corrected chi connectivity index (χ4v) is 2.99. The summed E-state index contributed by atoms with van der Waals surface area (Å²) in [6.07, 6.45) is 1.26. The molecule has 1 aromatic carbocycles. The molecule has 7 nitrogen and oxygen atoms in total. The highest BCUT2D eigenvalue weighted by Crippen LogP contribution is 2.38. The number of likely N-dealkylation sites (N-methyl/N-ethyl adjacent to an activating group) is 1. The monoisotopic (exact) mass is 325 g/mol. The first-order valence-corrected chi connectivity index (χ1v) is 7.30. The van der Waals surface area contributed by atoms with Crippen LogP contribution in [-0.4, -0.2) is 29.0 Å². The molecule has 3 rings (SSSR count). The van der Waals surface area contributed by atoms with Crippen LogP contribution in [0.5, 0.6) is 5.75 Å². The number of hydrogen-bond acceptors (Lipinski definition) is 5. The van der Waals surface area contributed by atoms with Crippen molar-refractivity contribution < 1.29 is 14.7 Å². The highest BCUT2D eigenvalue weighted by molar-refractivity contribution is 6.24. The van der Waals surface area contributed by atoms with Crippen LogP contribution < -0.4 is 15.3 Å². The lowest BCUT2D eigenvalue weighted by Gasteiger charge is -2.35. The maximum Gasteiger partial charge on any atom is 0.384 e. The van der Waals surface area contributed by atoms with Gasteiger partial charge in [0.1, 0.15) is 12.8 Å². The van der Waals surface area contributed by atoms with Gasteiger partial charge in [0, 0.05) is 6.07 Å². The van der Waals surface area contributed by atoms with Crippen LogP contribution in [0, 0.1) is 0 Å². The zero-order chi connectivity index (χ0) is 17.5. The van der Waals surface area contributed by atoms with Crippen molar-refractivity contribution in [2.75, 3.05) is 12.1 Å². The molecular weight excluding hydrogens is 308 g/mol. The Balaban J connectivity index is 2.25. The molecule has 0 saturated carbocycles. The van der Waals surface area contributed by atoms with Crippen LogP contribution in [0.15, 0.2) is 59.9 Å². The van der Waals surface area contributed by atoms with E-state index < -0.39 is 16.4 Å². The first-order chi connectivity index (χ1) is 11.4. The summed E-state index contributed by atoms with van der Waals surface area (Å²) in [5.41, 5.74) is 6.54. The SMILES string of the molecule is CC1=C(C(N)=O)C(=O)[N+](C)(c2ccc(O)cn2)N1c1ccccc1. The minimum atomic E-state index is -0.779.